The van der Waals surface area contributed by atoms with Crippen LogP contribution in [0.1, 0.15) is 52.7 Å². The van der Waals surface area contributed by atoms with Gasteiger partial charge in [0.15, 0.2) is 0 Å². The molecule has 0 N–H and O–H groups in total. The lowest BCUT2D eigenvalue weighted by atomic mass is 9.77. The first-order valence-electron chi connectivity index (χ1n) is 11.5. The van der Waals surface area contributed by atoms with E-state index in [1.165, 1.54) is 43.8 Å². The summed E-state index contributed by atoms with van der Waals surface area (Å²) in [5.74, 6) is 0. The summed E-state index contributed by atoms with van der Waals surface area (Å²) < 4.78 is 12.6. The molecule has 0 unspecified atom stereocenters. The largest absolute Gasteiger partial charge is 0.494 e. The van der Waals surface area contributed by atoms with Gasteiger partial charge in [0.2, 0.25) is 0 Å². The summed E-state index contributed by atoms with van der Waals surface area (Å²) >= 11 is 0. The summed E-state index contributed by atoms with van der Waals surface area (Å²) in [6, 6.07) is 24.7. The third-order valence-corrected chi connectivity index (χ3v) is 8.09. The molecule has 2 aliphatic rings. The van der Waals surface area contributed by atoms with Crippen LogP contribution in [-0.4, -0.2) is 18.3 Å². The second kappa shape index (κ2) is 6.24. The molecule has 160 valence electrons. The van der Waals surface area contributed by atoms with Crippen molar-refractivity contribution in [2.45, 2.75) is 58.2 Å². The van der Waals surface area contributed by atoms with E-state index < -0.39 is 0 Å². The Balaban J connectivity index is 1.51. The van der Waals surface area contributed by atoms with Crippen molar-refractivity contribution in [2.75, 3.05) is 0 Å². The number of rotatable bonds is 1. The average Bonchev–Trinajstić information content (AvgIpc) is 3.12. The SMILES string of the molecule is CC1(C)c2ccccc2-c2cc3c(ccc4cc(B5OC(C)(C)C(C)(C)O5)ccc43)cc21. The van der Waals surface area contributed by atoms with Crippen molar-refractivity contribution in [3.8, 4) is 11.1 Å². The van der Waals surface area contributed by atoms with Crippen LogP contribution in [0.2, 0.25) is 0 Å². The van der Waals surface area contributed by atoms with Gasteiger partial charge >= 0.3 is 7.12 Å². The zero-order valence-corrected chi connectivity index (χ0v) is 19.7. The molecule has 1 saturated heterocycles. The second-order valence-electron chi connectivity index (χ2n) is 10.9. The van der Waals surface area contributed by atoms with Crippen LogP contribution >= 0.6 is 0 Å². The molecule has 1 aliphatic carbocycles. The fourth-order valence-corrected chi connectivity index (χ4v) is 5.41. The normalized spacial score (nSPS) is 20.0. The highest BCUT2D eigenvalue weighted by molar-refractivity contribution is 6.62. The van der Waals surface area contributed by atoms with Gasteiger partial charge in [0.1, 0.15) is 0 Å². The number of hydrogen-bond donors (Lipinski definition) is 0. The zero-order valence-electron chi connectivity index (χ0n) is 19.7. The molecule has 1 heterocycles. The topological polar surface area (TPSA) is 18.5 Å². The zero-order chi connectivity index (χ0) is 22.5. The van der Waals surface area contributed by atoms with Crippen LogP contribution in [-0.2, 0) is 14.7 Å². The predicted octanol–water partition coefficient (Wildman–Crippen LogP) is 6.60. The molecule has 0 radical (unpaired) electrons. The maximum absolute atomic E-state index is 6.29. The van der Waals surface area contributed by atoms with Crippen LogP contribution in [0.4, 0.5) is 0 Å². The highest BCUT2D eigenvalue weighted by Crippen LogP contribution is 2.50. The molecule has 0 saturated carbocycles. The summed E-state index contributed by atoms with van der Waals surface area (Å²) in [4.78, 5) is 0. The molecule has 3 heteroatoms. The Morgan fingerprint density at radius 3 is 1.97 bits per heavy atom. The van der Waals surface area contributed by atoms with Crippen LogP contribution in [0.15, 0.2) is 66.7 Å². The van der Waals surface area contributed by atoms with Gasteiger partial charge in [-0.05, 0) is 89.1 Å². The van der Waals surface area contributed by atoms with Crippen molar-refractivity contribution in [1.29, 1.82) is 0 Å². The van der Waals surface area contributed by atoms with E-state index in [1.54, 1.807) is 0 Å². The first-order valence-corrected chi connectivity index (χ1v) is 11.5. The van der Waals surface area contributed by atoms with E-state index in [9.17, 15) is 0 Å². The van der Waals surface area contributed by atoms with Crippen molar-refractivity contribution in [2.24, 2.45) is 0 Å². The van der Waals surface area contributed by atoms with E-state index in [-0.39, 0.29) is 23.7 Å². The highest BCUT2D eigenvalue weighted by atomic mass is 16.7. The molecule has 0 bridgehead atoms. The van der Waals surface area contributed by atoms with Gasteiger partial charge in [-0.3, -0.25) is 0 Å². The van der Waals surface area contributed by atoms with E-state index in [4.69, 9.17) is 9.31 Å². The third-order valence-electron chi connectivity index (χ3n) is 8.09. The fourth-order valence-electron chi connectivity index (χ4n) is 5.41. The molecule has 4 aromatic carbocycles. The lowest BCUT2D eigenvalue weighted by Crippen LogP contribution is -2.41. The molecule has 0 amide bonds. The smallest absolute Gasteiger partial charge is 0.399 e. The maximum atomic E-state index is 6.29. The third kappa shape index (κ3) is 2.61. The minimum atomic E-state index is -0.340. The Kier molecular flexibility index (Phi) is 3.91. The van der Waals surface area contributed by atoms with Crippen molar-refractivity contribution in [3.05, 3.63) is 77.9 Å². The van der Waals surface area contributed by atoms with Crippen LogP contribution in [0, 0.1) is 0 Å². The Morgan fingerprint density at radius 2 is 1.25 bits per heavy atom. The maximum Gasteiger partial charge on any atom is 0.494 e. The van der Waals surface area contributed by atoms with Crippen molar-refractivity contribution in [1.82, 2.24) is 0 Å². The lowest BCUT2D eigenvalue weighted by Gasteiger charge is -2.32. The molecule has 0 aromatic heterocycles. The van der Waals surface area contributed by atoms with Crippen molar-refractivity contribution in [3.63, 3.8) is 0 Å². The lowest BCUT2D eigenvalue weighted by molar-refractivity contribution is 0.00578. The van der Waals surface area contributed by atoms with E-state index >= 15 is 0 Å². The molecule has 2 nitrogen and oxygen atoms in total. The summed E-state index contributed by atoms with van der Waals surface area (Å²) in [5.41, 5.74) is 5.98. The summed E-state index contributed by atoms with van der Waals surface area (Å²) in [7, 11) is -0.340. The Bertz CT molecular complexity index is 1400. The van der Waals surface area contributed by atoms with Crippen molar-refractivity contribution >= 4 is 34.1 Å². The molecule has 0 spiro atoms. The molecule has 0 atom stereocenters. The average molecular weight is 420 g/mol. The molecule has 4 aromatic rings. The predicted molar refractivity (Wildman–Crippen MR) is 135 cm³/mol. The van der Waals surface area contributed by atoms with E-state index in [1.807, 2.05) is 0 Å². The van der Waals surface area contributed by atoms with Crippen LogP contribution < -0.4 is 5.46 Å². The highest BCUT2D eigenvalue weighted by Gasteiger charge is 2.51. The van der Waals surface area contributed by atoms with Crippen LogP contribution in [0.3, 0.4) is 0 Å². The first-order chi connectivity index (χ1) is 15.1. The van der Waals surface area contributed by atoms with Gasteiger partial charge in [-0.2, -0.15) is 0 Å². The quantitative estimate of drug-likeness (QED) is 0.255. The van der Waals surface area contributed by atoms with Crippen LogP contribution in [0.25, 0.3) is 32.7 Å². The van der Waals surface area contributed by atoms with Gasteiger partial charge in [-0.25, -0.2) is 0 Å². The minimum Gasteiger partial charge on any atom is -0.399 e. The van der Waals surface area contributed by atoms with Gasteiger partial charge in [-0.15, -0.1) is 0 Å². The van der Waals surface area contributed by atoms with E-state index in [2.05, 4.69) is 108 Å². The standard InChI is InChI=1S/C29H29BO2/c1-27(2)25-10-8-7-9-22(25)24-17-23-19(16-26(24)27)12-11-18-15-20(13-14-21(18)23)30-31-28(3,4)29(5,6)32-30/h7-17H,1-6H3. The van der Waals surface area contributed by atoms with E-state index in [0.29, 0.717) is 0 Å². The van der Waals surface area contributed by atoms with Gasteiger partial charge in [0.25, 0.3) is 0 Å². The van der Waals surface area contributed by atoms with Gasteiger partial charge in [0.05, 0.1) is 11.2 Å². The van der Waals surface area contributed by atoms with Gasteiger partial charge < -0.3 is 9.31 Å². The molecular weight excluding hydrogens is 391 g/mol. The molecule has 6 rings (SSSR count). The monoisotopic (exact) mass is 420 g/mol. The summed E-state index contributed by atoms with van der Waals surface area (Å²) in [5, 5.41) is 5.08. The minimum absolute atomic E-state index is 0.0235. The summed E-state index contributed by atoms with van der Waals surface area (Å²) in [6.07, 6.45) is 0. The van der Waals surface area contributed by atoms with Gasteiger partial charge in [-0.1, -0.05) is 68.4 Å². The Labute approximate surface area is 190 Å². The molecular formula is C29H29BO2. The number of hydrogen-bond acceptors (Lipinski definition) is 2. The van der Waals surface area contributed by atoms with Gasteiger partial charge in [0, 0.05) is 5.41 Å². The van der Waals surface area contributed by atoms with Crippen molar-refractivity contribution < 1.29 is 9.31 Å². The second-order valence-corrected chi connectivity index (χ2v) is 10.9. The fraction of sp³-hybridized carbons (Fsp3) is 0.310. The molecule has 1 fully saturated rings. The Morgan fingerprint density at radius 1 is 0.594 bits per heavy atom. The Hall–Kier alpha value is -2.62. The molecule has 32 heavy (non-hydrogen) atoms. The number of fused-ring (bicyclic) bond motifs is 6. The van der Waals surface area contributed by atoms with E-state index in [0.717, 1.165) is 5.46 Å². The summed E-state index contributed by atoms with van der Waals surface area (Å²) in [6.45, 7) is 13.1. The first kappa shape index (κ1) is 20.0. The van der Waals surface area contributed by atoms with Crippen LogP contribution in [0.5, 0.6) is 0 Å². The molecule has 1 aliphatic heterocycles. The number of benzene rings is 4.